The van der Waals surface area contributed by atoms with Crippen LogP contribution in [0.2, 0.25) is 0 Å². The van der Waals surface area contributed by atoms with Gasteiger partial charge in [-0.15, -0.1) is 0 Å². The number of hydrogen-bond donors (Lipinski definition) is 0. The number of rotatable bonds is 0. The minimum atomic E-state index is 0.730. The van der Waals surface area contributed by atoms with Gasteiger partial charge in [-0.1, -0.05) is 0 Å². The second kappa shape index (κ2) is 3.45. The third-order valence-electron chi connectivity index (χ3n) is 1.89. The van der Waals surface area contributed by atoms with Crippen LogP contribution in [0.3, 0.4) is 0 Å². The summed E-state index contributed by atoms with van der Waals surface area (Å²) < 4.78 is 8.82. The van der Waals surface area contributed by atoms with Crippen molar-refractivity contribution in [3.8, 4) is 0 Å². The van der Waals surface area contributed by atoms with E-state index < -0.39 is 0 Å². The van der Waals surface area contributed by atoms with Crippen LogP contribution in [0.4, 0.5) is 0 Å². The van der Waals surface area contributed by atoms with E-state index in [-0.39, 0.29) is 0 Å². The van der Waals surface area contributed by atoms with Crippen molar-refractivity contribution in [2.75, 3.05) is 0 Å². The molecule has 0 fully saturated rings. The molecule has 12 heavy (non-hydrogen) atoms. The van der Waals surface area contributed by atoms with Gasteiger partial charge in [0.25, 0.3) is 0 Å². The van der Waals surface area contributed by atoms with Crippen LogP contribution >= 0.6 is 31.9 Å². The summed E-state index contributed by atoms with van der Waals surface area (Å²) >= 11 is 9.61. The van der Waals surface area contributed by atoms with Crippen LogP contribution in [0, 0.1) is 0 Å². The van der Waals surface area contributed by atoms with E-state index in [0.717, 1.165) is 22.2 Å². The number of hydrogen-bond acceptors (Lipinski definition) is 1. The van der Waals surface area contributed by atoms with Crippen molar-refractivity contribution in [1.82, 2.24) is 0 Å². The quantitative estimate of drug-likeness (QED) is 0.650. The van der Waals surface area contributed by atoms with Crippen molar-refractivity contribution in [3.05, 3.63) is 26.1 Å². The summed E-state index contributed by atoms with van der Waals surface area (Å²) in [5.74, 6) is 0. The molecular weight excluding hydrogens is 347 g/mol. The maximum absolute atomic E-state index is 5.35. The summed E-state index contributed by atoms with van der Waals surface area (Å²) in [4.78, 5) is 0. The Hall–Kier alpha value is 0.698. The number of ether oxygens (including phenoxy) is 1. The predicted octanol–water partition coefficient (Wildman–Crippen LogP) is 2.04. The Balaban J connectivity index is 2.67. The van der Waals surface area contributed by atoms with Crippen molar-refractivity contribution in [3.63, 3.8) is 0 Å². The first-order chi connectivity index (χ1) is 5.70. The SMILES string of the molecule is [As]c1c(Br)cc2c(c1Br)COC2. The standard InChI is InChI=1S/C8H5AsBr2O/c9-7-6(10)1-4-2-12-3-5(4)8(7)11/h1H,2-3H2. The van der Waals surface area contributed by atoms with Crippen molar-refractivity contribution in [1.29, 1.82) is 0 Å². The normalized spacial score (nSPS) is 14.9. The fourth-order valence-electron chi connectivity index (χ4n) is 1.25. The predicted molar refractivity (Wildman–Crippen MR) is 55.7 cm³/mol. The van der Waals surface area contributed by atoms with Gasteiger partial charge in [-0.3, -0.25) is 0 Å². The molecule has 62 valence electrons. The Morgan fingerprint density at radius 1 is 1.33 bits per heavy atom. The van der Waals surface area contributed by atoms with Gasteiger partial charge in [-0.2, -0.15) is 0 Å². The molecule has 0 aromatic heterocycles. The molecule has 1 aliphatic heterocycles. The average Bonchev–Trinajstić information content (AvgIpc) is 2.48. The number of benzene rings is 1. The first kappa shape index (κ1) is 9.26. The topological polar surface area (TPSA) is 9.23 Å². The maximum atomic E-state index is 5.35. The molecule has 0 spiro atoms. The summed E-state index contributed by atoms with van der Waals surface area (Å²) in [5.41, 5.74) is 2.57. The van der Waals surface area contributed by atoms with Gasteiger partial charge in [-0.25, -0.2) is 0 Å². The zero-order valence-corrected chi connectivity index (χ0v) is 11.2. The van der Waals surface area contributed by atoms with E-state index in [4.69, 9.17) is 4.74 Å². The molecule has 0 aliphatic carbocycles. The van der Waals surface area contributed by atoms with Gasteiger partial charge in [0.05, 0.1) is 0 Å². The van der Waals surface area contributed by atoms with Crippen molar-refractivity contribution < 1.29 is 4.74 Å². The van der Waals surface area contributed by atoms with Crippen LogP contribution in [0.1, 0.15) is 11.1 Å². The molecule has 1 nitrogen and oxygen atoms in total. The van der Waals surface area contributed by atoms with E-state index in [2.05, 4.69) is 54.8 Å². The van der Waals surface area contributed by atoms with E-state index in [1.807, 2.05) is 0 Å². The molecule has 0 unspecified atom stereocenters. The Labute approximate surface area is 96.6 Å². The van der Waals surface area contributed by atoms with Crippen LogP contribution in [0.25, 0.3) is 0 Å². The van der Waals surface area contributed by atoms with Gasteiger partial charge < -0.3 is 0 Å². The summed E-state index contributed by atoms with van der Waals surface area (Å²) in [6.07, 6.45) is 0. The fraction of sp³-hybridized carbons (Fsp3) is 0.250. The third-order valence-corrected chi connectivity index (χ3v) is 5.70. The van der Waals surface area contributed by atoms with Crippen LogP contribution in [-0.2, 0) is 18.0 Å². The van der Waals surface area contributed by atoms with Gasteiger partial charge in [0.1, 0.15) is 0 Å². The minimum absolute atomic E-state index is 0.730. The van der Waals surface area contributed by atoms with Gasteiger partial charge in [0, 0.05) is 0 Å². The van der Waals surface area contributed by atoms with E-state index in [0.29, 0.717) is 0 Å². The van der Waals surface area contributed by atoms with Gasteiger partial charge in [0.15, 0.2) is 0 Å². The molecule has 4 heteroatoms. The van der Waals surface area contributed by atoms with Crippen LogP contribution in [0.15, 0.2) is 15.0 Å². The summed E-state index contributed by atoms with van der Waals surface area (Å²) in [5, 5.41) is 0. The molecule has 0 bridgehead atoms. The van der Waals surface area contributed by atoms with Gasteiger partial charge in [-0.05, 0) is 0 Å². The molecule has 2 rings (SSSR count). The van der Waals surface area contributed by atoms with Gasteiger partial charge >= 0.3 is 97.2 Å². The first-order valence-electron chi connectivity index (χ1n) is 3.46. The molecule has 0 saturated heterocycles. The van der Waals surface area contributed by atoms with Crippen molar-refractivity contribution in [2.45, 2.75) is 13.2 Å². The molecule has 1 aromatic carbocycles. The van der Waals surface area contributed by atoms with E-state index in [1.165, 1.54) is 15.5 Å². The molecule has 1 aliphatic rings. The monoisotopic (exact) mass is 350 g/mol. The zero-order chi connectivity index (χ0) is 8.72. The summed E-state index contributed by atoms with van der Waals surface area (Å²) in [7, 11) is 0. The Morgan fingerprint density at radius 3 is 2.83 bits per heavy atom. The van der Waals surface area contributed by atoms with E-state index in [9.17, 15) is 0 Å². The number of halogens is 2. The number of fused-ring (bicyclic) bond motifs is 1. The Kier molecular flexibility index (Phi) is 2.66. The molecule has 1 aromatic rings. The molecule has 0 amide bonds. The second-order valence-corrected chi connectivity index (χ2v) is 5.24. The summed E-state index contributed by atoms with van der Waals surface area (Å²) in [6.45, 7) is 1.47. The van der Waals surface area contributed by atoms with Crippen molar-refractivity contribution in [2.24, 2.45) is 0 Å². The molecule has 0 saturated carbocycles. The fourth-order valence-corrected chi connectivity index (χ4v) is 2.99. The van der Waals surface area contributed by atoms with E-state index >= 15 is 0 Å². The molecule has 2 radical (unpaired) electrons. The first-order valence-corrected chi connectivity index (χ1v) is 5.99. The average molecular weight is 352 g/mol. The van der Waals surface area contributed by atoms with Crippen LogP contribution < -0.4 is 4.35 Å². The Morgan fingerprint density at radius 2 is 2.08 bits per heavy atom. The Bertz CT molecular complexity index is 338. The van der Waals surface area contributed by atoms with Crippen molar-refractivity contribution >= 4 is 53.1 Å². The molecule has 1 heterocycles. The summed E-state index contributed by atoms with van der Waals surface area (Å²) in [6, 6.07) is 2.13. The third kappa shape index (κ3) is 1.41. The van der Waals surface area contributed by atoms with Crippen LogP contribution in [-0.4, -0.2) is 16.9 Å². The second-order valence-electron chi connectivity index (χ2n) is 2.65. The zero-order valence-electron chi connectivity index (χ0n) is 6.10. The van der Waals surface area contributed by atoms with E-state index in [1.54, 1.807) is 0 Å². The molecule has 0 atom stereocenters. The molecular formula is C8H5AsBr2O. The van der Waals surface area contributed by atoms with Crippen LogP contribution in [0.5, 0.6) is 0 Å². The van der Waals surface area contributed by atoms with Gasteiger partial charge in [0.2, 0.25) is 0 Å². The molecule has 0 N–H and O–H groups in total.